The summed E-state index contributed by atoms with van der Waals surface area (Å²) in [6.07, 6.45) is -4.38. The second-order valence-corrected chi connectivity index (χ2v) is 6.58. The molecule has 0 aliphatic heterocycles. The summed E-state index contributed by atoms with van der Waals surface area (Å²) < 4.78 is 45.5. The Bertz CT molecular complexity index is 678. The predicted molar refractivity (Wildman–Crippen MR) is 85.2 cm³/mol. The molecule has 0 aliphatic carbocycles. The molecule has 0 amide bonds. The fourth-order valence-electron chi connectivity index (χ4n) is 1.95. The average molecular weight is 375 g/mol. The summed E-state index contributed by atoms with van der Waals surface area (Å²) in [4.78, 5) is 0. The molecule has 0 radical (unpaired) electrons. The summed E-state index contributed by atoms with van der Waals surface area (Å²) in [5, 5.41) is 0. The SMILES string of the molecule is C[N+](C)(C)c1cc(C(F)(F)F)ccc1Oc1ccccc1Br. The minimum absolute atomic E-state index is 0.212. The number of hydrogen-bond acceptors (Lipinski definition) is 1. The van der Waals surface area contributed by atoms with Crippen molar-refractivity contribution in [1.29, 1.82) is 0 Å². The third-order valence-electron chi connectivity index (χ3n) is 3.07. The molecule has 0 aliphatic rings. The Morgan fingerprint density at radius 2 is 1.59 bits per heavy atom. The maximum Gasteiger partial charge on any atom is 0.416 e. The average Bonchev–Trinajstić information content (AvgIpc) is 2.39. The molecule has 0 aromatic heterocycles. The van der Waals surface area contributed by atoms with Crippen LogP contribution in [-0.4, -0.2) is 21.1 Å². The number of halogens is 4. The number of rotatable bonds is 3. The van der Waals surface area contributed by atoms with Gasteiger partial charge in [-0.2, -0.15) is 13.2 Å². The van der Waals surface area contributed by atoms with Crippen LogP contribution in [-0.2, 0) is 6.18 Å². The Hall–Kier alpha value is -1.53. The number of ether oxygens (including phenoxy) is 1. The van der Waals surface area contributed by atoms with Crippen LogP contribution in [0.15, 0.2) is 46.9 Å². The van der Waals surface area contributed by atoms with Crippen molar-refractivity contribution >= 4 is 21.6 Å². The lowest BCUT2D eigenvalue weighted by atomic mass is 10.1. The quantitative estimate of drug-likeness (QED) is 0.648. The monoisotopic (exact) mass is 374 g/mol. The minimum Gasteiger partial charge on any atom is -0.450 e. The first-order valence-electron chi connectivity index (χ1n) is 6.54. The van der Waals surface area contributed by atoms with E-state index >= 15 is 0 Å². The van der Waals surface area contributed by atoms with Gasteiger partial charge in [0.15, 0.2) is 11.4 Å². The van der Waals surface area contributed by atoms with Crippen molar-refractivity contribution in [2.45, 2.75) is 6.18 Å². The molecule has 0 fully saturated rings. The lowest BCUT2D eigenvalue weighted by Gasteiger charge is -2.26. The molecule has 0 atom stereocenters. The molecule has 6 heteroatoms. The first-order valence-corrected chi connectivity index (χ1v) is 7.34. The number of benzene rings is 2. The first kappa shape index (κ1) is 16.8. The van der Waals surface area contributed by atoms with Crippen molar-refractivity contribution in [1.82, 2.24) is 4.48 Å². The van der Waals surface area contributed by atoms with Gasteiger partial charge in [0.1, 0.15) is 5.75 Å². The Labute approximate surface area is 135 Å². The molecule has 2 rings (SSSR count). The van der Waals surface area contributed by atoms with Gasteiger partial charge < -0.3 is 4.74 Å². The van der Waals surface area contributed by atoms with Gasteiger partial charge in [0.05, 0.1) is 31.2 Å². The van der Waals surface area contributed by atoms with Crippen LogP contribution >= 0.6 is 15.9 Å². The highest BCUT2D eigenvalue weighted by Crippen LogP contribution is 2.40. The standard InChI is InChI=1S/C16H16BrF3NO/c1-21(2,3)13-10-11(16(18,19)20)8-9-15(13)22-14-7-5-4-6-12(14)17/h4-10H,1-3H3/q+1. The normalized spacial score (nSPS) is 12.3. The van der Waals surface area contributed by atoms with Crippen LogP contribution in [0.4, 0.5) is 18.9 Å². The maximum absolute atomic E-state index is 12.9. The van der Waals surface area contributed by atoms with Gasteiger partial charge in [-0.25, -0.2) is 0 Å². The third kappa shape index (κ3) is 3.81. The van der Waals surface area contributed by atoms with Gasteiger partial charge in [0.2, 0.25) is 0 Å². The molecular formula is C16H16BrF3NO+. The zero-order chi connectivity index (χ0) is 16.5. The molecule has 0 saturated heterocycles. The molecule has 2 nitrogen and oxygen atoms in total. The predicted octanol–water partition coefficient (Wildman–Crippen LogP) is 5.46. The van der Waals surface area contributed by atoms with Gasteiger partial charge in [0.25, 0.3) is 0 Å². The summed E-state index contributed by atoms with van der Waals surface area (Å²) in [5.74, 6) is 0.948. The van der Waals surface area contributed by atoms with Crippen LogP contribution in [0.3, 0.4) is 0 Å². The van der Waals surface area contributed by atoms with Gasteiger partial charge >= 0.3 is 6.18 Å². The number of quaternary nitrogens is 1. The summed E-state index contributed by atoms with van der Waals surface area (Å²) in [6, 6.07) is 10.7. The van der Waals surface area contributed by atoms with Crippen molar-refractivity contribution < 1.29 is 17.9 Å². The Morgan fingerprint density at radius 1 is 0.955 bits per heavy atom. The van der Waals surface area contributed by atoms with Gasteiger partial charge in [0, 0.05) is 6.07 Å². The molecule has 0 N–H and O–H groups in total. The Kier molecular flexibility index (Phi) is 4.54. The summed E-state index contributed by atoms with van der Waals surface area (Å²) in [6.45, 7) is 0. The van der Waals surface area contributed by atoms with E-state index in [-0.39, 0.29) is 4.48 Å². The maximum atomic E-state index is 12.9. The van der Waals surface area contributed by atoms with Gasteiger partial charge in [-0.05, 0) is 40.2 Å². The van der Waals surface area contributed by atoms with E-state index in [4.69, 9.17) is 4.74 Å². The molecule has 118 valence electrons. The van der Waals surface area contributed by atoms with Crippen LogP contribution < -0.4 is 9.22 Å². The van der Waals surface area contributed by atoms with Gasteiger partial charge in [-0.3, -0.25) is 4.48 Å². The lowest BCUT2D eigenvalue weighted by Crippen LogP contribution is -2.35. The van der Waals surface area contributed by atoms with E-state index in [0.29, 0.717) is 17.2 Å². The number of para-hydroxylation sites is 1. The largest absolute Gasteiger partial charge is 0.450 e. The Balaban J connectivity index is 2.50. The number of alkyl halides is 3. The fourth-order valence-corrected chi connectivity index (χ4v) is 2.32. The third-order valence-corrected chi connectivity index (χ3v) is 3.72. The second kappa shape index (κ2) is 5.93. The van der Waals surface area contributed by atoms with Crippen molar-refractivity contribution in [2.75, 3.05) is 21.1 Å². The molecular weight excluding hydrogens is 359 g/mol. The summed E-state index contributed by atoms with van der Waals surface area (Å²) >= 11 is 3.36. The Morgan fingerprint density at radius 3 is 2.14 bits per heavy atom. The fraction of sp³-hybridized carbons (Fsp3) is 0.250. The summed E-state index contributed by atoms with van der Waals surface area (Å²) in [5.41, 5.74) is -0.236. The second-order valence-electron chi connectivity index (χ2n) is 5.73. The highest BCUT2D eigenvalue weighted by atomic mass is 79.9. The van der Waals surface area contributed by atoms with E-state index in [0.717, 1.165) is 16.6 Å². The number of hydrogen-bond donors (Lipinski definition) is 0. The topological polar surface area (TPSA) is 9.23 Å². The van der Waals surface area contributed by atoms with E-state index in [9.17, 15) is 13.2 Å². The molecule has 2 aromatic rings. The van der Waals surface area contributed by atoms with Gasteiger partial charge in [-0.15, -0.1) is 0 Å². The van der Waals surface area contributed by atoms with E-state index in [1.54, 1.807) is 33.3 Å². The summed E-state index contributed by atoms with van der Waals surface area (Å²) in [7, 11) is 5.38. The van der Waals surface area contributed by atoms with Crippen LogP contribution in [0, 0.1) is 0 Å². The first-order chi connectivity index (χ1) is 10.1. The zero-order valence-electron chi connectivity index (χ0n) is 12.4. The van der Waals surface area contributed by atoms with Crippen LogP contribution in [0.2, 0.25) is 0 Å². The van der Waals surface area contributed by atoms with Crippen LogP contribution in [0.25, 0.3) is 0 Å². The van der Waals surface area contributed by atoms with Crippen molar-refractivity contribution in [3.8, 4) is 11.5 Å². The minimum atomic E-state index is -4.38. The molecule has 0 spiro atoms. The molecule has 0 bridgehead atoms. The van der Waals surface area contributed by atoms with Crippen LogP contribution in [0.1, 0.15) is 5.56 Å². The molecule has 22 heavy (non-hydrogen) atoms. The van der Waals surface area contributed by atoms with Crippen LogP contribution in [0.5, 0.6) is 11.5 Å². The van der Waals surface area contributed by atoms with E-state index < -0.39 is 11.7 Å². The highest BCUT2D eigenvalue weighted by molar-refractivity contribution is 9.10. The molecule has 2 aromatic carbocycles. The van der Waals surface area contributed by atoms with E-state index in [1.165, 1.54) is 6.07 Å². The highest BCUT2D eigenvalue weighted by Gasteiger charge is 2.33. The van der Waals surface area contributed by atoms with Crippen molar-refractivity contribution in [3.05, 3.63) is 52.5 Å². The zero-order valence-corrected chi connectivity index (χ0v) is 14.0. The van der Waals surface area contributed by atoms with E-state index in [1.807, 2.05) is 12.1 Å². The smallest absolute Gasteiger partial charge is 0.416 e. The molecule has 0 unspecified atom stereocenters. The number of nitrogens with zero attached hydrogens (tertiary/aromatic N) is 1. The molecule has 0 heterocycles. The molecule has 0 saturated carbocycles. The van der Waals surface area contributed by atoms with Crippen molar-refractivity contribution in [3.63, 3.8) is 0 Å². The van der Waals surface area contributed by atoms with Crippen molar-refractivity contribution in [2.24, 2.45) is 0 Å². The van der Waals surface area contributed by atoms with E-state index in [2.05, 4.69) is 15.9 Å². The van der Waals surface area contributed by atoms with Gasteiger partial charge in [-0.1, -0.05) is 12.1 Å². The lowest BCUT2D eigenvalue weighted by molar-refractivity contribution is -0.137.